The second-order valence-corrected chi connectivity index (χ2v) is 10.3. The molecule has 24 heavy (non-hydrogen) atoms. The van der Waals surface area contributed by atoms with Gasteiger partial charge in [0.05, 0.1) is 10.8 Å². The van der Waals surface area contributed by atoms with Crippen LogP contribution >= 0.6 is 0 Å². The Hall–Kier alpha value is -1.06. The van der Waals surface area contributed by atoms with Crippen molar-refractivity contribution in [3.05, 3.63) is 0 Å². The van der Waals surface area contributed by atoms with Gasteiger partial charge in [-0.25, -0.2) is 0 Å². The summed E-state index contributed by atoms with van der Waals surface area (Å²) in [6.07, 6.45) is 7.97. The molecular weight excluding hydrogens is 304 g/mol. The molecule has 0 aromatic rings. The van der Waals surface area contributed by atoms with Gasteiger partial charge >= 0.3 is 11.9 Å². The molecule has 4 nitrogen and oxygen atoms in total. The summed E-state index contributed by atoms with van der Waals surface area (Å²) in [6.45, 7) is 4.33. The van der Waals surface area contributed by atoms with Crippen molar-refractivity contribution in [1.29, 1.82) is 0 Å². The fourth-order valence-electron chi connectivity index (χ4n) is 8.82. The number of carbonyl (C=O) groups is 2. The highest BCUT2D eigenvalue weighted by atomic mass is 16.4. The highest BCUT2D eigenvalue weighted by Crippen LogP contribution is 2.85. The van der Waals surface area contributed by atoms with Crippen LogP contribution in [0, 0.1) is 45.3 Å². The predicted octanol–water partition coefficient (Wildman–Crippen LogP) is 3.79. The Balaban J connectivity index is 1.54. The van der Waals surface area contributed by atoms with E-state index in [1.165, 1.54) is 0 Å². The van der Waals surface area contributed by atoms with E-state index < -0.39 is 22.8 Å². The molecule has 6 fully saturated rings. The maximum absolute atomic E-state index is 12.1. The summed E-state index contributed by atoms with van der Waals surface area (Å²) < 4.78 is 0. The van der Waals surface area contributed by atoms with Gasteiger partial charge in [0.15, 0.2) is 0 Å². The van der Waals surface area contributed by atoms with E-state index >= 15 is 0 Å². The Bertz CT molecular complexity index is 658. The van der Waals surface area contributed by atoms with Crippen LogP contribution in [-0.2, 0) is 9.59 Å². The first-order chi connectivity index (χ1) is 11.2. The molecule has 1 spiro atoms. The SMILES string of the molecule is C[C@@]12CCC[C@@](C)(C(=O)O)[C@H]1CC[C@@]13C[C@H]4[C@@H](C[C@H]12)[C@@]4(C(=O)O)C3. The van der Waals surface area contributed by atoms with Crippen LogP contribution < -0.4 is 0 Å². The second-order valence-electron chi connectivity index (χ2n) is 10.3. The lowest BCUT2D eigenvalue weighted by molar-refractivity contribution is -0.188. The van der Waals surface area contributed by atoms with Gasteiger partial charge in [-0.15, -0.1) is 0 Å². The standard InChI is InChI=1S/C20H28O4/c1-17-5-3-6-18(2,15(21)22)13(17)4-7-19-9-12-11(8-14(17)19)20(12,10-19)16(23)24/h11-14H,3-10H2,1-2H3,(H,21,22)(H,23,24)/t11-,12+,13+,14+,17-,18-,19+,20+/m1/s1. The van der Waals surface area contributed by atoms with Crippen molar-refractivity contribution in [1.82, 2.24) is 0 Å². The maximum atomic E-state index is 12.1. The molecule has 0 unspecified atom stereocenters. The minimum atomic E-state index is -0.622. The molecule has 8 atom stereocenters. The lowest BCUT2D eigenvalue weighted by Crippen LogP contribution is -2.59. The van der Waals surface area contributed by atoms with Crippen molar-refractivity contribution in [2.24, 2.45) is 45.3 Å². The molecule has 4 bridgehead atoms. The van der Waals surface area contributed by atoms with Crippen LogP contribution in [-0.4, -0.2) is 22.2 Å². The number of carboxylic acid groups (broad SMARTS) is 2. The minimum Gasteiger partial charge on any atom is -0.481 e. The number of fused-ring (bicyclic) bond motifs is 1. The van der Waals surface area contributed by atoms with Gasteiger partial charge in [-0.1, -0.05) is 13.3 Å². The van der Waals surface area contributed by atoms with Gasteiger partial charge < -0.3 is 10.2 Å². The first kappa shape index (κ1) is 15.2. The zero-order valence-corrected chi connectivity index (χ0v) is 14.7. The fourth-order valence-corrected chi connectivity index (χ4v) is 8.82. The maximum Gasteiger partial charge on any atom is 0.310 e. The fraction of sp³-hybridized carbons (Fsp3) is 0.900. The van der Waals surface area contributed by atoms with Crippen molar-refractivity contribution in [3.63, 3.8) is 0 Å². The number of aliphatic carboxylic acids is 2. The number of carboxylic acids is 2. The zero-order chi connectivity index (χ0) is 17.1. The molecule has 0 saturated heterocycles. The molecule has 0 radical (unpaired) electrons. The summed E-state index contributed by atoms with van der Waals surface area (Å²) in [5.41, 5.74) is -0.714. The molecule has 0 amide bonds. The van der Waals surface area contributed by atoms with Gasteiger partial charge in [0.25, 0.3) is 0 Å². The molecule has 0 aliphatic heterocycles. The molecule has 0 heterocycles. The number of hydrogen-bond acceptors (Lipinski definition) is 2. The predicted molar refractivity (Wildman–Crippen MR) is 87.2 cm³/mol. The highest BCUT2D eigenvalue weighted by Gasteiger charge is 2.83. The topological polar surface area (TPSA) is 74.6 Å². The van der Waals surface area contributed by atoms with Crippen molar-refractivity contribution >= 4 is 11.9 Å². The average molecular weight is 332 g/mol. The van der Waals surface area contributed by atoms with E-state index in [2.05, 4.69) is 6.92 Å². The third-order valence-electron chi connectivity index (χ3n) is 9.79. The first-order valence-corrected chi connectivity index (χ1v) is 9.68. The summed E-state index contributed by atoms with van der Waals surface area (Å²) in [5.74, 6) is 0.402. The van der Waals surface area contributed by atoms with Crippen LogP contribution in [0.2, 0.25) is 0 Å². The largest absolute Gasteiger partial charge is 0.481 e. The molecule has 6 saturated carbocycles. The summed E-state index contributed by atoms with van der Waals surface area (Å²) in [4.78, 5) is 24.0. The molecule has 4 heteroatoms. The van der Waals surface area contributed by atoms with Crippen LogP contribution in [0.15, 0.2) is 0 Å². The van der Waals surface area contributed by atoms with Crippen LogP contribution in [0.5, 0.6) is 0 Å². The Labute approximate surface area is 143 Å². The van der Waals surface area contributed by atoms with E-state index in [0.29, 0.717) is 17.8 Å². The van der Waals surface area contributed by atoms with Crippen molar-refractivity contribution in [2.75, 3.05) is 0 Å². The van der Waals surface area contributed by atoms with Crippen LogP contribution in [0.3, 0.4) is 0 Å². The van der Waals surface area contributed by atoms with Crippen LogP contribution in [0.4, 0.5) is 0 Å². The van der Waals surface area contributed by atoms with Gasteiger partial charge in [-0.05, 0) is 86.4 Å². The van der Waals surface area contributed by atoms with E-state index in [-0.39, 0.29) is 16.7 Å². The Morgan fingerprint density at radius 1 is 0.958 bits per heavy atom. The Kier molecular flexibility index (Phi) is 2.55. The van der Waals surface area contributed by atoms with E-state index in [0.717, 1.165) is 51.4 Å². The molecule has 0 aromatic heterocycles. The normalized spacial score (nSPS) is 60.1. The Morgan fingerprint density at radius 2 is 1.71 bits per heavy atom. The monoisotopic (exact) mass is 332 g/mol. The smallest absolute Gasteiger partial charge is 0.310 e. The first-order valence-electron chi connectivity index (χ1n) is 9.68. The van der Waals surface area contributed by atoms with Gasteiger partial charge in [-0.3, -0.25) is 9.59 Å². The third-order valence-corrected chi connectivity index (χ3v) is 9.79. The highest BCUT2D eigenvalue weighted by molar-refractivity contribution is 5.81. The molecular formula is C20H28O4. The van der Waals surface area contributed by atoms with E-state index in [9.17, 15) is 19.8 Å². The van der Waals surface area contributed by atoms with Gasteiger partial charge in [-0.2, -0.15) is 0 Å². The Morgan fingerprint density at radius 3 is 2.33 bits per heavy atom. The minimum absolute atomic E-state index is 0.0852. The van der Waals surface area contributed by atoms with Crippen molar-refractivity contribution in [2.45, 2.75) is 65.2 Å². The van der Waals surface area contributed by atoms with Gasteiger partial charge in [0.2, 0.25) is 0 Å². The lowest BCUT2D eigenvalue weighted by atomic mass is 9.39. The molecule has 6 aliphatic carbocycles. The molecule has 6 aliphatic rings. The van der Waals surface area contributed by atoms with E-state index in [4.69, 9.17) is 0 Å². The van der Waals surface area contributed by atoms with E-state index in [1.54, 1.807) is 0 Å². The molecule has 132 valence electrons. The van der Waals surface area contributed by atoms with Crippen LogP contribution in [0.25, 0.3) is 0 Å². The molecule has 2 N–H and O–H groups in total. The van der Waals surface area contributed by atoms with Gasteiger partial charge in [0, 0.05) is 0 Å². The third kappa shape index (κ3) is 1.37. The van der Waals surface area contributed by atoms with Gasteiger partial charge in [0.1, 0.15) is 0 Å². The average Bonchev–Trinajstić information content (AvgIpc) is 3.02. The zero-order valence-electron chi connectivity index (χ0n) is 14.7. The summed E-state index contributed by atoms with van der Waals surface area (Å²) in [6, 6.07) is 0. The molecule has 0 aromatic carbocycles. The molecule has 6 rings (SSSR count). The number of hydrogen-bond donors (Lipinski definition) is 2. The summed E-state index contributed by atoms with van der Waals surface area (Å²) in [7, 11) is 0. The summed E-state index contributed by atoms with van der Waals surface area (Å²) >= 11 is 0. The summed E-state index contributed by atoms with van der Waals surface area (Å²) in [5, 5.41) is 19.7. The van der Waals surface area contributed by atoms with Crippen molar-refractivity contribution < 1.29 is 19.8 Å². The quantitative estimate of drug-likeness (QED) is 0.806. The van der Waals surface area contributed by atoms with E-state index in [1.807, 2.05) is 6.92 Å². The van der Waals surface area contributed by atoms with Crippen molar-refractivity contribution in [3.8, 4) is 0 Å². The lowest BCUT2D eigenvalue weighted by Gasteiger charge is -2.64. The van der Waals surface area contributed by atoms with Crippen LogP contribution in [0.1, 0.15) is 65.2 Å². The number of rotatable bonds is 2. The second kappa shape index (κ2) is 4.02.